The standard InChI is InChI=1S/C22H25N3O4/c1-4-20(26)23-18-9-6-10-19(14(18)2)24-22(28)15-11-21(27)25(13-15)16-7-5-8-17(12-16)29-3/h5-10,12,15H,4,11,13H2,1-3H3,(H,23,26)(H,24,28)/t15-/m0/s1. The Hall–Kier alpha value is -3.35. The third kappa shape index (κ3) is 4.56. The molecular weight excluding hydrogens is 370 g/mol. The molecule has 1 fully saturated rings. The number of carbonyl (C=O) groups is 3. The second-order valence-electron chi connectivity index (χ2n) is 6.98. The zero-order chi connectivity index (χ0) is 21.0. The van der Waals surface area contributed by atoms with Gasteiger partial charge in [-0.1, -0.05) is 19.1 Å². The number of ether oxygens (including phenoxy) is 1. The van der Waals surface area contributed by atoms with Gasteiger partial charge in [-0.3, -0.25) is 14.4 Å². The molecule has 0 spiro atoms. The molecule has 0 radical (unpaired) electrons. The summed E-state index contributed by atoms with van der Waals surface area (Å²) in [5.74, 6) is -0.205. The SMILES string of the molecule is CCC(=O)Nc1cccc(NC(=O)[C@H]2CC(=O)N(c3cccc(OC)c3)C2)c1C. The van der Waals surface area contributed by atoms with E-state index in [1.165, 1.54) is 0 Å². The van der Waals surface area contributed by atoms with Crippen LogP contribution in [-0.4, -0.2) is 31.4 Å². The predicted octanol–water partition coefficient (Wildman–Crippen LogP) is 3.34. The molecule has 1 atom stereocenters. The zero-order valence-electron chi connectivity index (χ0n) is 16.8. The van der Waals surface area contributed by atoms with Crippen LogP contribution in [0.4, 0.5) is 17.1 Å². The molecule has 7 heteroatoms. The molecule has 152 valence electrons. The van der Waals surface area contributed by atoms with E-state index in [1.807, 2.05) is 19.1 Å². The molecular formula is C22H25N3O4. The monoisotopic (exact) mass is 395 g/mol. The van der Waals surface area contributed by atoms with Crippen molar-refractivity contribution in [2.45, 2.75) is 26.7 Å². The minimum Gasteiger partial charge on any atom is -0.497 e. The summed E-state index contributed by atoms with van der Waals surface area (Å²) < 4.78 is 5.22. The normalized spacial score (nSPS) is 15.9. The lowest BCUT2D eigenvalue weighted by molar-refractivity contribution is -0.122. The number of carbonyl (C=O) groups excluding carboxylic acids is 3. The third-order valence-corrected chi connectivity index (χ3v) is 5.05. The van der Waals surface area contributed by atoms with Crippen LogP contribution in [0.15, 0.2) is 42.5 Å². The van der Waals surface area contributed by atoms with Crippen LogP contribution in [0.3, 0.4) is 0 Å². The van der Waals surface area contributed by atoms with Gasteiger partial charge >= 0.3 is 0 Å². The number of rotatable bonds is 6. The summed E-state index contributed by atoms with van der Waals surface area (Å²) in [5.41, 5.74) is 2.77. The highest BCUT2D eigenvalue weighted by atomic mass is 16.5. The van der Waals surface area contributed by atoms with Gasteiger partial charge in [0.05, 0.1) is 13.0 Å². The van der Waals surface area contributed by atoms with E-state index in [-0.39, 0.29) is 24.1 Å². The maximum atomic E-state index is 12.8. The average molecular weight is 395 g/mol. The molecule has 1 heterocycles. The molecule has 1 aliphatic rings. The number of hydrogen-bond donors (Lipinski definition) is 2. The molecule has 1 aliphatic heterocycles. The van der Waals surface area contributed by atoms with E-state index in [2.05, 4.69) is 10.6 Å². The molecule has 0 aromatic heterocycles. The lowest BCUT2D eigenvalue weighted by Gasteiger charge is -2.18. The molecule has 3 rings (SSSR count). The van der Waals surface area contributed by atoms with Crippen molar-refractivity contribution < 1.29 is 19.1 Å². The van der Waals surface area contributed by atoms with Gasteiger partial charge in [0.25, 0.3) is 0 Å². The molecule has 0 bridgehead atoms. The molecule has 29 heavy (non-hydrogen) atoms. The Labute approximate surface area is 170 Å². The fourth-order valence-electron chi connectivity index (χ4n) is 3.29. The van der Waals surface area contributed by atoms with E-state index in [0.29, 0.717) is 35.8 Å². The van der Waals surface area contributed by atoms with Crippen molar-refractivity contribution in [1.29, 1.82) is 0 Å². The molecule has 2 aromatic carbocycles. The Bertz CT molecular complexity index is 941. The number of nitrogens with one attached hydrogen (secondary N) is 2. The van der Waals surface area contributed by atoms with Gasteiger partial charge in [-0.2, -0.15) is 0 Å². The van der Waals surface area contributed by atoms with Crippen molar-refractivity contribution in [3.8, 4) is 5.75 Å². The smallest absolute Gasteiger partial charge is 0.229 e. The highest BCUT2D eigenvalue weighted by Gasteiger charge is 2.35. The fraction of sp³-hybridized carbons (Fsp3) is 0.318. The Morgan fingerprint density at radius 1 is 1.14 bits per heavy atom. The van der Waals surface area contributed by atoms with Crippen LogP contribution in [0.25, 0.3) is 0 Å². The lowest BCUT2D eigenvalue weighted by atomic mass is 10.1. The van der Waals surface area contributed by atoms with Crippen LogP contribution in [0.5, 0.6) is 5.75 Å². The molecule has 3 amide bonds. The van der Waals surface area contributed by atoms with Crippen molar-refractivity contribution in [2.24, 2.45) is 5.92 Å². The number of nitrogens with zero attached hydrogens (tertiary/aromatic N) is 1. The molecule has 0 saturated carbocycles. The van der Waals surface area contributed by atoms with Gasteiger partial charge in [0.1, 0.15) is 5.75 Å². The maximum absolute atomic E-state index is 12.8. The fourth-order valence-corrected chi connectivity index (χ4v) is 3.29. The van der Waals surface area contributed by atoms with Crippen molar-refractivity contribution in [3.63, 3.8) is 0 Å². The van der Waals surface area contributed by atoms with Crippen LogP contribution in [0.1, 0.15) is 25.3 Å². The van der Waals surface area contributed by atoms with Crippen LogP contribution in [-0.2, 0) is 14.4 Å². The van der Waals surface area contributed by atoms with Crippen molar-refractivity contribution in [3.05, 3.63) is 48.0 Å². The number of methoxy groups -OCH3 is 1. The average Bonchev–Trinajstić information content (AvgIpc) is 3.12. The second-order valence-corrected chi connectivity index (χ2v) is 6.98. The van der Waals surface area contributed by atoms with Crippen LogP contribution in [0.2, 0.25) is 0 Å². The van der Waals surface area contributed by atoms with Crippen LogP contribution in [0, 0.1) is 12.8 Å². The zero-order valence-corrected chi connectivity index (χ0v) is 16.8. The quantitative estimate of drug-likeness (QED) is 0.785. The Balaban J connectivity index is 1.71. The van der Waals surface area contributed by atoms with E-state index in [9.17, 15) is 14.4 Å². The number of hydrogen-bond acceptors (Lipinski definition) is 4. The first-order chi connectivity index (χ1) is 13.9. The Morgan fingerprint density at radius 3 is 2.52 bits per heavy atom. The number of anilines is 3. The van der Waals surface area contributed by atoms with E-state index in [0.717, 1.165) is 5.56 Å². The van der Waals surface area contributed by atoms with Crippen LogP contribution < -0.4 is 20.3 Å². The first-order valence-electron chi connectivity index (χ1n) is 9.57. The summed E-state index contributed by atoms with van der Waals surface area (Å²) >= 11 is 0. The molecule has 0 unspecified atom stereocenters. The maximum Gasteiger partial charge on any atom is 0.229 e. The van der Waals surface area contributed by atoms with E-state index < -0.39 is 5.92 Å². The van der Waals surface area contributed by atoms with E-state index >= 15 is 0 Å². The van der Waals surface area contributed by atoms with Crippen molar-refractivity contribution >= 4 is 34.8 Å². The third-order valence-electron chi connectivity index (χ3n) is 5.05. The first kappa shape index (κ1) is 20.4. The lowest BCUT2D eigenvalue weighted by Crippen LogP contribution is -2.28. The summed E-state index contributed by atoms with van der Waals surface area (Å²) in [6, 6.07) is 12.6. The van der Waals surface area contributed by atoms with Gasteiger partial charge in [-0.25, -0.2) is 0 Å². The molecule has 2 aromatic rings. The molecule has 1 saturated heterocycles. The summed E-state index contributed by atoms with van der Waals surface area (Å²) in [6.07, 6.45) is 0.522. The molecule has 7 nitrogen and oxygen atoms in total. The predicted molar refractivity (Wildman–Crippen MR) is 112 cm³/mol. The largest absolute Gasteiger partial charge is 0.497 e. The molecule has 2 N–H and O–H groups in total. The topological polar surface area (TPSA) is 87.7 Å². The minimum atomic E-state index is -0.456. The summed E-state index contributed by atoms with van der Waals surface area (Å²) in [7, 11) is 1.57. The summed E-state index contributed by atoms with van der Waals surface area (Å²) in [5, 5.41) is 5.73. The van der Waals surface area contributed by atoms with Crippen molar-refractivity contribution in [1.82, 2.24) is 0 Å². The molecule has 0 aliphatic carbocycles. The van der Waals surface area contributed by atoms with Gasteiger partial charge in [0.15, 0.2) is 0 Å². The van der Waals surface area contributed by atoms with E-state index in [4.69, 9.17) is 4.74 Å². The number of benzene rings is 2. The Kier molecular flexibility index (Phi) is 6.16. The summed E-state index contributed by atoms with van der Waals surface area (Å²) in [4.78, 5) is 38.6. The van der Waals surface area contributed by atoms with E-state index in [1.54, 1.807) is 49.3 Å². The summed E-state index contributed by atoms with van der Waals surface area (Å²) in [6.45, 7) is 3.92. The van der Waals surface area contributed by atoms with Gasteiger partial charge in [0.2, 0.25) is 17.7 Å². The van der Waals surface area contributed by atoms with Crippen LogP contribution >= 0.6 is 0 Å². The van der Waals surface area contributed by atoms with Gasteiger partial charge in [-0.15, -0.1) is 0 Å². The highest BCUT2D eigenvalue weighted by molar-refractivity contribution is 6.04. The first-order valence-corrected chi connectivity index (χ1v) is 9.57. The van der Waals surface area contributed by atoms with Gasteiger partial charge in [0, 0.05) is 42.5 Å². The van der Waals surface area contributed by atoms with Gasteiger partial charge in [-0.05, 0) is 36.8 Å². The minimum absolute atomic E-state index is 0.0908. The van der Waals surface area contributed by atoms with Gasteiger partial charge < -0.3 is 20.3 Å². The Morgan fingerprint density at radius 2 is 1.83 bits per heavy atom. The highest BCUT2D eigenvalue weighted by Crippen LogP contribution is 2.29. The number of amides is 3. The second kappa shape index (κ2) is 8.77. The van der Waals surface area contributed by atoms with Crippen molar-refractivity contribution in [2.75, 3.05) is 29.2 Å².